The molecule has 8 heteroatoms. The lowest BCUT2D eigenvalue weighted by Gasteiger charge is -2.32. The fraction of sp³-hybridized carbons (Fsp3) is 0.423. The Hall–Kier alpha value is -3.13. The Morgan fingerprint density at radius 2 is 1.74 bits per heavy atom. The highest BCUT2D eigenvalue weighted by molar-refractivity contribution is 5.93. The van der Waals surface area contributed by atoms with Crippen molar-refractivity contribution in [2.24, 2.45) is 11.8 Å². The van der Waals surface area contributed by atoms with Crippen molar-refractivity contribution in [2.75, 3.05) is 13.1 Å². The minimum absolute atomic E-state index is 0.0449. The molecule has 1 aliphatic rings. The van der Waals surface area contributed by atoms with E-state index >= 15 is 0 Å². The van der Waals surface area contributed by atoms with Crippen molar-refractivity contribution in [1.82, 2.24) is 20.0 Å². The van der Waals surface area contributed by atoms with Gasteiger partial charge in [-0.05, 0) is 49.9 Å². The van der Waals surface area contributed by atoms with Crippen LogP contribution in [0.5, 0.6) is 0 Å². The van der Waals surface area contributed by atoms with Crippen LogP contribution in [0.25, 0.3) is 22.0 Å². The number of halogens is 2. The molecule has 1 fully saturated rings. The summed E-state index contributed by atoms with van der Waals surface area (Å²) in [5, 5.41) is 8.69. The maximum atomic E-state index is 13.9. The summed E-state index contributed by atoms with van der Waals surface area (Å²) in [6.07, 6.45) is 1.41. The molecule has 1 amide bonds. The standard InChI is InChI=1S/C26H30F2N4O2/c1-16(2)17(3)29-25(33)18-10-12-31(13-11-18)15-32-26(34)21-7-5-4-6-20(21)24(30-32)19-8-9-22(27)23(28)14-19/h4-9,14,16-18H,10-13,15H2,1-3H3,(H,29,33). The molecule has 180 valence electrons. The summed E-state index contributed by atoms with van der Waals surface area (Å²) >= 11 is 0. The van der Waals surface area contributed by atoms with E-state index in [-0.39, 0.29) is 30.1 Å². The van der Waals surface area contributed by atoms with E-state index in [1.165, 1.54) is 10.7 Å². The SMILES string of the molecule is CC(C)C(C)NC(=O)C1CCN(Cn2nc(-c3ccc(F)c(F)c3)c3ccccc3c2=O)CC1. The van der Waals surface area contributed by atoms with Gasteiger partial charge in [-0.25, -0.2) is 13.5 Å². The molecule has 0 saturated carbocycles. The van der Waals surface area contributed by atoms with Gasteiger partial charge in [0, 0.05) is 36.0 Å². The Bertz CT molecular complexity index is 1250. The van der Waals surface area contributed by atoms with Crippen molar-refractivity contribution in [3.05, 3.63) is 64.5 Å². The lowest BCUT2D eigenvalue weighted by Crippen LogP contribution is -2.45. The molecular formula is C26H30F2N4O2. The normalized spacial score (nSPS) is 16.2. The van der Waals surface area contributed by atoms with Crippen LogP contribution < -0.4 is 10.9 Å². The number of amides is 1. The molecule has 1 aliphatic heterocycles. The fourth-order valence-electron chi connectivity index (χ4n) is 4.22. The Balaban J connectivity index is 1.55. The topological polar surface area (TPSA) is 67.2 Å². The highest BCUT2D eigenvalue weighted by atomic mass is 19.2. The second-order valence-corrected chi connectivity index (χ2v) is 9.40. The van der Waals surface area contributed by atoms with Gasteiger partial charge in [0.15, 0.2) is 11.6 Å². The number of hydrogen-bond acceptors (Lipinski definition) is 4. The first-order chi connectivity index (χ1) is 16.2. The summed E-state index contributed by atoms with van der Waals surface area (Å²) in [7, 11) is 0. The van der Waals surface area contributed by atoms with Gasteiger partial charge in [0.05, 0.1) is 17.7 Å². The van der Waals surface area contributed by atoms with Crippen molar-refractivity contribution in [3.8, 4) is 11.3 Å². The van der Waals surface area contributed by atoms with E-state index in [2.05, 4.69) is 29.2 Å². The van der Waals surface area contributed by atoms with Crippen LogP contribution in [0.2, 0.25) is 0 Å². The molecule has 4 rings (SSSR count). The largest absolute Gasteiger partial charge is 0.353 e. The van der Waals surface area contributed by atoms with Gasteiger partial charge in [0.2, 0.25) is 5.91 Å². The van der Waals surface area contributed by atoms with Crippen LogP contribution in [-0.4, -0.2) is 39.7 Å². The lowest BCUT2D eigenvalue weighted by molar-refractivity contribution is -0.127. The van der Waals surface area contributed by atoms with Crippen LogP contribution in [0.4, 0.5) is 8.78 Å². The molecule has 0 aliphatic carbocycles. The van der Waals surface area contributed by atoms with Crippen molar-refractivity contribution in [2.45, 2.75) is 46.3 Å². The first-order valence-electron chi connectivity index (χ1n) is 11.7. The predicted octanol–water partition coefficient (Wildman–Crippen LogP) is 4.17. The molecule has 2 aromatic carbocycles. The number of hydrogen-bond donors (Lipinski definition) is 1. The summed E-state index contributed by atoms with van der Waals surface area (Å²) in [5.41, 5.74) is 0.581. The van der Waals surface area contributed by atoms with E-state index in [0.29, 0.717) is 53.9 Å². The molecule has 34 heavy (non-hydrogen) atoms. The molecule has 1 aromatic heterocycles. The average molecular weight is 469 g/mol. The number of piperidine rings is 1. The van der Waals surface area contributed by atoms with Gasteiger partial charge < -0.3 is 5.32 Å². The van der Waals surface area contributed by atoms with Crippen molar-refractivity contribution in [1.29, 1.82) is 0 Å². The Labute approximate surface area is 197 Å². The van der Waals surface area contributed by atoms with Crippen LogP contribution in [0, 0.1) is 23.5 Å². The number of nitrogens with zero attached hydrogens (tertiary/aromatic N) is 3. The predicted molar refractivity (Wildman–Crippen MR) is 128 cm³/mol. The Morgan fingerprint density at radius 1 is 1.06 bits per heavy atom. The van der Waals surface area contributed by atoms with Crippen LogP contribution in [-0.2, 0) is 11.5 Å². The van der Waals surface area contributed by atoms with Crippen molar-refractivity contribution >= 4 is 16.7 Å². The van der Waals surface area contributed by atoms with Gasteiger partial charge in [-0.15, -0.1) is 0 Å². The first-order valence-corrected chi connectivity index (χ1v) is 11.7. The molecule has 0 bridgehead atoms. The number of fused-ring (bicyclic) bond motifs is 1. The number of carbonyl (C=O) groups is 1. The van der Waals surface area contributed by atoms with Crippen LogP contribution >= 0.6 is 0 Å². The summed E-state index contributed by atoms with van der Waals surface area (Å²) in [5.74, 6) is -1.48. The van der Waals surface area contributed by atoms with Gasteiger partial charge in [-0.2, -0.15) is 5.10 Å². The second-order valence-electron chi connectivity index (χ2n) is 9.40. The molecule has 1 unspecified atom stereocenters. The zero-order valence-corrected chi connectivity index (χ0v) is 19.7. The number of rotatable bonds is 6. The number of benzene rings is 2. The van der Waals surface area contributed by atoms with Crippen molar-refractivity contribution in [3.63, 3.8) is 0 Å². The zero-order chi connectivity index (χ0) is 24.4. The van der Waals surface area contributed by atoms with Gasteiger partial charge in [-0.1, -0.05) is 32.0 Å². The first kappa shape index (κ1) is 24.0. The highest BCUT2D eigenvalue weighted by Crippen LogP contribution is 2.26. The third-order valence-electron chi connectivity index (χ3n) is 6.72. The number of aromatic nitrogens is 2. The van der Waals surface area contributed by atoms with E-state index in [1.54, 1.807) is 24.3 Å². The molecule has 2 heterocycles. The molecule has 0 radical (unpaired) electrons. The van der Waals surface area contributed by atoms with E-state index < -0.39 is 11.6 Å². The quantitative estimate of drug-likeness (QED) is 0.590. The molecule has 0 spiro atoms. The monoisotopic (exact) mass is 468 g/mol. The number of nitrogens with one attached hydrogen (secondary N) is 1. The highest BCUT2D eigenvalue weighted by Gasteiger charge is 2.27. The van der Waals surface area contributed by atoms with E-state index in [9.17, 15) is 18.4 Å². The van der Waals surface area contributed by atoms with E-state index in [0.717, 1.165) is 12.1 Å². The molecular weight excluding hydrogens is 438 g/mol. The van der Waals surface area contributed by atoms with Gasteiger partial charge >= 0.3 is 0 Å². The Kier molecular flexibility index (Phi) is 7.07. The van der Waals surface area contributed by atoms with Gasteiger partial charge in [0.25, 0.3) is 5.56 Å². The molecule has 6 nitrogen and oxygen atoms in total. The zero-order valence-electron chi connectivity index (χ0n) is 19.7. The fourth-order valence-corrected chi connectivity index (χ4v) is 4.22. The number of carbonyl (C=O) groups excluding carboxylic acids is 1. The summed E-state index contributed by atoms with van der Waals surface area (Å²) in [6, 6.07) is 10.8. The molecule has 1 N–H and O–H groups in total. The molecule has 1 atom stereocenters. The summed E-state index contributed by atoms with van der Waals surface area (Å²) < 4.78 is 28.8. The third kappa shape index (κ3) is 5.01. The molecule has 1 saturated heterocycles. The van der Waals surface area contributed by atoms with Crippen LogP contribution in [0.15, 0.2) is 47.3 Å². The second kappa shape index (κ2) is 10.0. The van der Waals surface area contributed by atoms with Crippen molar-refractivity contribution < 1.29 is 13.6 Å². The minimum Gasteiger partial charge on any atom is -0.353 e. The van der Waals surface area contributed by atoms with Gasteiger partial charge in [-0.3, -0.25) is 14.5 Å². The maximum Gasteiger partial charge on any atom is 0.275 e. The van der Waals surface area contributed by atoms with Crippen LogP contribution in [0.3, 0.4) is 0 Å². The molecule has 3 aromatic rings. The average Bonchev–Trinajstić information content (AvgIpc) is 2.83. The lowest BCUT2D eigenvalue weighted by atomic mass is 9.95. The minimum atomic E-state index is -0.965. The summed E-state index contributed by atoms with van der Waals surface area (Å²) in [4.78, 5) is 27.8. The Morgan fingerprint density at radius 3 is 2.38 bits per heavy atom. The van der Waals surface area contributed by atoms with Gasteiger partial charge in [0.1, 0.15) is 0 Å². The third-order valence-corrected chi connectivity index (χ3v) is 6.72. The smallest absolute Gasteiger partial charge is 0.275 e. The van der Waals surface area contributed by atoms with E-state index in [4.69, 9.17) is 0 Å². The number of likely N-dealkylation sites (tertiary alicyclic amines) is 1. The van der Waals surface area contributed by atoms with E-state index in [1.807, 2.05) is 6.92 Å². The maximum absolute atomic E-state index is 13.9. The van der Waals surface area contributed by atoms with Crippen LogP contribution in [0.1, 0.15) is 33.6 Å². The summed E-state index contributed by atoms with van der Waals surface area (Å²) in [6.45, 7) is 7.76.